The molecule has 5 rings (SSSR count). The zero-order valence-corrected chi connectivity index (χ0v) is 29.9. The number of thioether (sulfide) groups is 1. The highest BCUT2D eigenvalue weighted by atomic mass is 32.2. The second-order valence-corrected chi connectivity index (χ2v) is 14.3. The summed E-state index contributed by atoms with van der Waals surface area (Å²) in [6.07, 6.45) is 7.39. The lowest BCUT2D eigenvalue weighted by Gasteiger charge is -2.49. The van der Waals surface area contributed by atoms with Crippen LogP contribution in [0, 0.1) is 11.8 Å². The molecule has 0 aromatic heterocycles. The molecular formula is C36H50N2O6S2. The van der Waals surface area contributed by atoms with Gasteiger partial charge in [0.15, 0.2) is 23.0 Å². The van der Waals surface area contributed by atoms with E-state index in [1.54, 1.807) is 40.2 Å². The number of methoxy groups -OCH3 is 5. The predicted molar refractivity (Wildman–Crippen MR) is 188 cm³/mol. The molecule has 3 aliphatic heterocycles. The number of ether oxygens (including phenoxy) is 5. The summed E-state index contributed by atoms with van der Waals surface area (Å²) >= 11 is 7.88. The maximum absolute atomic E-state index is 11.6. The third kappa shape index (κ3) is 7.39. The Morgan fingerprint density at radius 3 is 2.09 bits per heavy atom. The third-order valence-electron chi connectivity index (χ3n) is 10.3. The van der Waals surface area contributed by atoms with Crippen LogP contribution in [0.3, 0.4) is 0 Å². The SMILES string of the molecule is CC[C@H]1CN2CCc3cc(OC)c(OC)cc3C2C[C@@H]1C[C@@H]1c2cc(OC)c(OC)cc2CCN1C(=S)SCCCCC(=O)OC. The van der Waals surface area contributed by atoms with Gasteiger partial charge in [0.25, 0.3) is 0 Å². The summed E-state index contributed by atoms with van der Waals surface area (Å²) in [6, 6.07) is 9.27. The fraction of sp³-hybridized carbons (Fsp3) is 0.611. The first kappa shape index (κ1) is 34.6. The molecule has 252 valence electrons. The molecule has 0 spiro atoms. The Hall–Kier alpha value is -2.69. The van der Waals surface area contributed by atoms with E-state index < -0.39 is 0 Å². The molecule has 0 radical (unpaired) electrons. The number of thiocarbonyl (C=S) groups is 1. The summed E-state index contributed by atoms with van der Waals surface area (Å²) in [7, 11) is 8.29. The van der Waals surface area contributed by atoms with E-state index in [1.807, 2.05) is 0 Å². The first-order chi connectivity index (χ1) is 22.3. The van der Waals surface area contributed by atoms with Crippen molar-refractivity contribution in [2.45, 2.75) is 70.4 Å². The van der Waals surface area contributed by atoms with Gasteiger partial charge in [-0.3, -0.25) is 9.69 Å². The average Bonchev–Trinajstić information content (AvgIpc) is 3.09. The average molecular weight is 671 g/mol. The lowest BCUT2D eigenvalue weighted by molar-refractivity contribution is -0.140. The van der Waals surface area contributed by atoms with Crippen molar-refractivity contribution in [3.8, 4) is 23.0 Å². The Morgan fingerprint density at radius 1 is 0.848 bits per heavy atom. The van der Waals surface area contributed by atoms with Gasteiger partial charge in [-0.05, 0) is 96.9 Å². The van der Waals surface area contributed by atoms with Crippen LogP contribution in [0.5, 0.6) is 23.0 Å². The molecule has 0 saturated carbocycles. The van der Waals surface area contributed by atoms with Crippen LogP contribution in [0.25, 0.3) is 0 Å². The van der Waals surface area contributed by atoms with Crippen LogP contribution < -0.4 is 18.9 Å². The van der Waals surface area contributed by atoms with Crippen molar-refractivity contribution in [2.75, 3.05) is 60.9 Å². The second-order valence-electron chi connectivity index (χ2n) is 12.6. The lowest BCUT2D eigenvalue weighted by atomic mass is 9.72. The normalized spacial score (nSPS) is 22.3. The Morgan fingerprint density at radius 2 is 1.46 bits per heavy atom. The summed E-state index contributed by atoms with van der Waals surface area (Å²) in [5.74, 6) is 5.01. The van der Waals surface area contributed by atoms with Gasteiger partial charge in [-0.2, -0.15) is 0 Å². The molecule has 10 heteroatoms. The molecule has 2 aromatic carbocycles. The Labute approximate surface area is 284 Å². The number of piperidine rings is 1. The van der Waals surface area contributed by atoms with Crippen molar-refractivity contribution in [1.29, 1.82) is 0 Å². The molecule has 0 bridgehead atoms. The van der Waals surface area contributed by atoms with Crippen LogP contribution in [-0.4, -0.2) is 81.0 Å². The van der Waals surface area contributed by atoms with E-state index in [0.717, 1.165) is 97.7 Å². The molecule has 1 saturated heterocycles. The maximum Gasteiger partial charge on any atom is 0.305 e. The van der Waals surface area contributed by atoms with Gasteiger partial charge in [-0.1, -0.05) is 37.3 Å². The number of esters is 1. The van der Waals surface area contributed by atoms with Crippen LogP contribution in [0.15, 0.2) is 24.3 Å². The molecule has 3 aliphatic rings. The predicted octanol–water partition coefficient (Wildman–Crippen LogP) is 7.02. The summed E-state index contributed by atoms with van der Waals surface area (Å²) < 4.78 is 28.6. The highest BCUT2D eigenvalue weighted by molar-refractivity contribution is 8.22. The smallest absolute Gasteiger partial charge is 0.305 e. The van der Waals surface area contributed by atoms with Crippen molar-refractivity contribution in [1.82, 2.24) is 9.80 Å². The van der Waals surface area contributed by atoms with Gasteiger partial charge in [0.2, 0.25) is 0 Å². The van der Waals surface area contributed by atoms with E-state index in [-0.39, 0.29) is 12.0 Å². The Balaban J connectivity index is 1.42. The van der Waals surface area contributed by atoms with E-state index >= 15 is 0 Å². The zero-order valence-electron chi connectivity index (χ0n) is 28.3. The van der Waals surface area contributed by atoms with Gasteiger partial charge >= 0.3 is 5.97 Å². The van der Waals surface area contributed by atoms with E-state index in [4.69, 9.17) is 35.9 Å². The highest BCUT2D eigenvalue weighted by Crippen LogP contribution is 2.49. The number of hydrogen-bond donors (Lipinski definition) is 0. The molecule has 0 N–H and O–H groups in total. The number of rotatable bonds is 12. The summed E-state index contributed by atoms with van der Waals surface area (Å²) in [5.41, 5.74) is 5.37. The second kappa shape index (κ2) is 15.9. The standard InChI is InChI=1S/C36H50N2O6S2/c1-7-23-22-37-13-11-24-18-31(40-2)33(42-4)20-27(24)29(37)16-26(23)17-30-28-21-34(43-5)32(41-3)19-25(28)12-14-38(30)36(45)46-15-9-8-10-35(39)44-6/h18-21,23,26,29-30H,7-17,22H2,1-6H3/t23-,26+,29?,30+/m0/s1. The highest BCUT2D eigenvalue weighted by Gasteiger charge is 2.41. The zero-order chi connectivity index (χ0) is 32.8. The number of hydrogen-bond acceptors (Lipinski definition) is 9. The van der Waals surface area contributed by atoms with Crippen LogP contribution in [0.4, 0.5) is 0 Å². The first-order valence-corrected chi connectivity index (χ1v) is 18.0. The van der Waals surface area contributed by atoms with Crippen molar-refractivity contribution >= 4 is 34.3 Å². The van der Waals surface area contributed by atoms with Gasteiger partial charge in [0, 0.05) is 37.8 Å². The van der Waals surface area contributed by atoms with E-state index in [2.05, 4.69) is 41.0 Å². The molecule has 0 aliphatic carbocycles. The summed E-state index contributed by atoms with van der Waals surface area (Å²) in [5, 5.41) is 0. The number of benzene rings is 2. The summed E-state index contributed by atoms with van der Waals surface area (Å²) in [6.45, 7) is 5.39. The van der Waals surface area contributed by atoms with Crippen molar-refractivity contribution < 1.29 is 28.5 Å². The molecule has 1 fully saturated rings. The molecule has 2 aromatic rings. The van der Waals surface area contributed by atoms with Crippen LogP contribution in [0.2, 0.25) is 0 Å². The fourth-order valence-electron chi connectivity index (χ4n) is 7.76. The lowest BCUT2D eigenvalue weighted by Crippen LogP contribution is -2.47. The van der Waals surface area contributed by atoms with E-state index in [9.17, 15) is 4.79 Å². The van der Waals surface area contributed by atoms with Gasteiger partial charge < -0.3 is 28.6 Å². The monoisotopic (exact) mass is 670 g/mol. The maximum atomic E-state index is 11.6. The van der Waals surface area contributed by atoms with Gasteiger partial charge in [-0.25, -0.2) is 0 Å². The quantitative estimate of drug-likeness (QED) is 0.134. The molecule has 0 amide bonds. The Kier molecular flexibility index (Phi) is 12.0. The third-order valence-corrected chi connectivity index (χ3v) is 11.9. The fourth-order valence-corrected chi connectivity index (χ4v) is 9.13. The van der Waals surface area contributed by atoms with Crippen molar-refractivity contribution in [3.05, 3.63) is 46.5 Å². The van der Waals surface area contributed by atoms with Gasteiger partial charge in [0.1, 0.15) is 4.32 Å². The number of fused-ring (bicyclic) bond motifs is 4. The molecule has 8 nitrogen and oxygen atoms in total. The topological polar surface area (TPSA) is 69.7 Å². The molecular weight excluding hydrogens is 621 g/mol. The molecule has 46 heavy (non-hydrogen) atoms. The van der Waals surface area contributed by atoms with E-state index in [0.29, 0.717) is 24.3 Å². The minimum absolute atomic E-state index is 0.151. The first-order valence-electron chi connectivity index (χ1n) is 16.6. The van der Waals surface area contributed by atoms with Crippen molar-refractivity contribution in [3.63, 3.8) is 0 Å². The number of nitrogens with zero attached hydrogens (tertiary/aromatic N) is 2. The largest absolute Gasteiger partial charge is 0.493 e. The summed E-state index contributed by atoms with van der Waals surface area (Å²) in [4.78, 5) is 16.7. The molecule has 4 atom stereocenters. The minimum atomic E-state index is -0.153. The van der Waals surface area contributed by atoms with Gasteiger partial charge in [-0.15, -0.1) is 0 Å². The van der Waals surface area contributed by atoms with Gasteiger partial charge in [0.05, 0.1) is 41.6 Å². The minimum Gasteiger partial charge on any atom is -0.493 e. The van der Waals surface area contributed by atoms with E-state index in [1.165, 1.54) is 29.4 Å². The number of unbranched alkanes of at least 4 members (excludes halogenated alkanes) is 1. The molecule has 3 heterocycles. The number of carbonyl (C=O) groups excluding carboxylic acids is 1. The number of carbonyl (C=O) groups is 1. The molecule has 1 unspecified atom stereocenters. The van der Waals surface area contributed by atoms with Crippen LogP contribution in [-0.2, 0) is 22.4 Å². The van der Waals surface area contributed by atoms with Crippen LogP contribution in [0.1, 0.15) is 79.8 Å². The van der Waals surface area contributed by atoms with Crippen LogP contribution >= 0.6 is 24.0 Å². The Bertz CT molecular complexity index is 1390. The van der Waals surface area contributed by atoms with Crippen molar-refractivity contribution in [2.24, 2.45) is 11.8 Å².